The van der Waals surface area contributed by atoms with Crippen LogP contribution in [0.3, 0.4) is 0 Å². The minimum atomic E-state index is -0.166. The van der Waals surface area contributed by atoms with Gasteiger partial charge in [0.25, 0.3) is 0 Å². The average Bonchev–Trinajstić information content (AvgIpc) is 2.69. The Morgan fingerprint density at radius 1 is 1.07 bits per heavy atom. The first kappa shape index (κ1) is 10.7. The molecule has 0 radical (unpaired) electrons. The molecule has 1 fully saturated rings. The van der Waals surface area contributed by atoms with E-state index in [1.165, 1.54) is 11.1 Å². The third-order valence-corrected chi connectivity index (χ3v) is 2.64. The normalized spacial score (nSPS) is 18.3. The molecule has 2 rings (SSSR count). The lowest BCUT2D eigenvalue weighted by atomic mass is 9.83. The lowest BCUT2D eigenvalue weighted by molar-refractivity contribution is -0.0452. The summed E-state index contributed by atoms with van der Waals surface area (Å²) in [5.41, 5.74) is 2.60. The van der Waals surface area contributed by atoms with Gasteiger partial charge in [-0.1, -0.05) is 45.0 Å². The quantitative estimate of drug-likeness (QED) is 0.703. The van der Waals surface area contributed by atoms with Crippen LogP contribution in [0, 0.1) is 0 Å². The van der Waals surface area contributed by atoms with Crippen LogP contribution in [0.2, 0.25) is 0 Å². The van der Waals surface area contributed by atoms with E-state index in [1.807, 2.05) is 6.07 Å². The molecule has 1 aliphatic heterocycles. The van der Waals surface area contributed by atoms with Gasteiger partial charge in [-0.3, -0.25) is 0 Å². The Morgan fingerprint density at radius 2 is 1.67 bits per heavy atom. The third-order valence-electron chi connectivity index (χ3n) is 2.64. The Bertz CT molecular complexity index is 333. The van der Waals surface area contributed by atoms with Gasteiger partial charge in [-0.2, -0.15) is 0 Å². The van der Waals surface area contributed by atoms with Gasteiger partial charge in [0.15, 0.2) is 6.29 Å². The highest BCUT2D eigenvalue weighted by Crippen LogP contribution is 2.33. The second kappa shape index (κ2) is 3.95. The van der Waals surface area contributed by atoms with Gasteiger partial charge in [-0.05, 0) is 11.0 Å². The largest absolute Gasteiger partial charge is 0.346 e. The molecule has 1 aromatic rings. The first-order valence-corrected chi connectivity index (χ1v) is 5.41. The molecule has 0 N–H and O–H groups in total. The van der Waals surface area contributed by atoms with Gasteiger partial charge in [0.05, 0.1) is 13.2 Å². The van der Waals surface area contributed by atoms with Crippen molar-refractivity contribution in [3.05, 3.63) is 35.4 Å². The SMILES string of the molecule is CC(C)(C)c1ccccc1C1OCCO1. The molecule has 0 atom stereocenters. The standard InChI is InChI=1S/C13H18O2/c1-13(2,3)11-7-5-4-6-10(11)12-14-8-9-15-12/h4-7,12H,8-9H2,1-3H3. The van der Waals surface area contributed by atoms with Gasteiger partial charge >= 0.3 is 0 Å². The highest BCUT2D eigenvalue weighted by molar-refractivity contribution is 5.33. The predicted octanol–water partition coefficient (Wildman–Crippen LogP) is 3.03. The Hall–Kier alpha value is -0.860. The van der Waals surface area contributed by atoms with Crippen molar-refractivity contribution in [2.24, 2.45) is 0 Å². The maximum Gasteiger partial charge on any atom is 0.184 e. The van der Waals surface area contributed by atoms with Crippen LogP contribution in [0.25, 0.3) is 0 Å². The van der Waals surface area contributed by atoms with Gasteiger partial charge < -0.3 is 9.47 Å². The Morgan fingerprint density at radius 3 is 2.27 bits per heavy atom. The van der Waals surface area contributed by atoms with Gasteiger partial charge in [-0.15, -0.1) is 0 Å². The smallest absolute Gasteiger partial charge is 0.184 e. The van der Waals surface area contributed by atoms with Gasteiger partial charge in [0.1, 0.15) is 0 Å². The molecule has 0 spiro atoms. The summed E-state index contributed by atoms with van der Waals surface area (Å²) in [5.74, 6) is 0. The number of benzene rings is 1. The van der Waals surface area contributed by atoms with Crippen molar-refractivity contribution in [3.63, 3.8) is 0 Å². The molecule has 15 heavy (non-hydrogen) atoms. The van der Waals surface area contributed by atoms with E-state index in [4.69, 9.17) is 9.47 Å². The number of ether oxygens (including phenoxy) is 2. The highest BCUT2D eigenvalue weighted by Gasteiger charge is 2.25. The highest BCUT2D eigenvalue weighted by atomic mass is 16.7. The molecule has 1 aromatic carbocycles. The second-order valence-electron chi connectivity index (χ2n) is 4.91. The zero-order chi connectivity index (χ0) is 10.9. The summed E-state index contributed by atoms with van der Waals surface area (Å²) in [7, 11) is 0. The third kappa shape index (κ3) is 2.21. The van der Waals surface area contributed by atoms with Crippen molar-refractivity contribution in [2.45, 2.75) is 32.5 Å². The zero-order valence-corrected chi connectivity index (χ0v) is 9.62. The van der Waals surface area contributed by atoms with E-state index >= 15 is 0 Å². The fourth-order valence-electron chi connectivity index (χ4n) is 1.92. The number of hydrogen-bond acceptors (Lipinski definition) is 2. The minimum Gasteiger partial charge on any atom is -0.346 e. The van der Waals surface area contributed by atoms with E-state index in [2.05, 4.69) is 39.0 Å². The summed E-state index contributed by atoms with van der Waals surface area (Å²) in [6.07, 6.45) is -0.166. The van der Waals surface area contributed by atoms with Crippen molar-refractivity contribution >= 4 is 0 Å². The summed E-state index contributed by atoms with van der Waals surface area (Å²) in [6, 6.07) is 8.35. The summed E-state index contributed by atoms with van der Waals surface area (Å²) >= 11 is 0. The molecule has 0 unspecified atom stereocenters. The van der Waals surface area contributed by atoms with Crippen LogP contribution < -0.4 is 0 Å². The van der Waals surface area contributed by atoms with Crippen LogP contribution in [-0.4, -0.2) is 13.2 Å². The molecule has 1 saturated heterocycles. The zero-order valence-electron chi connectivity index (χ0n) is 9.62. The van der Waals surface area contributed by atoms with Gasteiger partial charge in [0.2, 0.25) is 0 Å². The summed E-state index contributed by atoms with van der Waals surface area (Å²) in [5, 5.41) is 0. The van der Waals surface area contributed by atoms with Crippen LogP contribution in [0.5, 0.6) is 0 Å². The molecule has 0 aromatic heterocycles. The number of hydrogen-bond donors (Lipinski definition) is 0. The van der Waals surface area contributed by atoms with Crippen LogP contribution in [0.4, 0.5) is 0 Å². The van der Waals surface area contributed by atoms with Crippen molar-refractivity contribution < 1.29 is 9.47 Å². The van der Waals surface area contributed by atoms with E-state index in [-0.39, 0.29) is 11.7 Å². The Balaban J connectivity index is 2.37. The van der Waals surface area contributed by atoms with Crippen molar-refractivity contribution in [1.82, 2.24) is 0 Å². The molecule has 2 nitrogen and oxygen atoms in total. The molecular weight excluding hydrogens is 188 g/mol. The van der Waals surface area contributed by atoms with Crippen LogP contribution >= 0.6 is 0 Å². The van der Waals surface area contributed by atoms with Gasteiger partial charge in [-0.25, -0.2) is 0 Å². The topological polar surface area (TPSA) is 18.5 Å². The molecular formula is C13H18O2. The maximum absolute atomic E-state index is 5.55. The lowest BCUT2D eigenvalue weighted by Crippen LogP contribution is -2.16. The van der Waals surface area contributed by atoms with E-state index in [9.17, 15) is 0 Å². The Labute approximate surface area is 91.2 Å². The van der Waals surface area contributed by atoms with E-state index < -0.39 is 0 Å². The molecule has 82 valence electrons. The molecule has 1 heterocycles. The predicted molar refractivity (Wildman–Crippen MR) is 59.8 cm³/mol. The van der Waals surface area contributed by atoms with E-state index in [1.54, 1.807) is 0 Å². The first-order chi connectivity index (χ1) is 7.09. The fraction of sp³-hybridized carbons (Fsp3) is 0.538. The van der Waals surface area contributed by atoms with E-state index in [0.717, 1.165) is 0 Å². The van der Waals surface area contributed by atoms with Gasteiger partial charge in [0, 0.05) is 5.56 Å². The van der Waals surface area contributed by atoms with E-state index in [0.29, 0.717) is 13.2 Å². The molecule has 1 aliphatic rings. The minimum absolute atomic E-state index is 0.131. The van der Waals surface area contributed by atoms with Crippen LogP contribution in [0.15, 0.2) is 24.3 Å². The number of rotatable bonds is 1. The van der Waals surface area contributed by atoms with Crippen molar-refractivity contribution in [1.29, 1.82) is 0 Å². The monoisotopic (exact) mass is 206 g/mol. The average molecular weight is 206 g/mol. The van der Waals surface area contributed by atoms with Crippen molar-refractivity contribution in [3.8, 4) is 0 Å². The van der Waals surface area contributed by atoms with Crippen LogP contribution in [0.1, 0.15) is 38.2 Å². The molecule has 0 saturated carbocycles. The maximum atomic E-state index is 5.55. The molecule has 0 bridgehead atoms. The lowest BCUT2D eigenvalue weighted by Gasteiger charge is -2.24. The first-order valence-electron chi connectivity index (χ1n) is 5.41. The second-order valence-corrected chi connectivity index (χ2v) is 4.91. The molecule has 0 aliphatic carbocycles. The summed E-state index contributed by atoms with van der Waals surface area (Å²) < 4.78 is 11.1. The Kier molecular flexibility index (Phi) is 2.81. The fourth-order valence-corrected chi connectivity index (χ4v) is 1.92. The molecule has 0 amide bonds. The van der Waals surface area contributed by atoms with Crippen molar-refractivity contribution in [2.75, 3.05) is 13.2 Å². The van der Waals surface area contributed by atoms with Crippen LogP contribution in [-0.2, 0) is 14.9 Å². The molecule has 2 heteroatoms. The summed E-state index contributed by atoms with van der Waals surface area (Å²) in [4.78, 5) is 0. The summed E-state index contributed by atoms with van der Waals surface area (Å²) in [6.45, 7) is 8.02.